The van der Waals surface area contributed by atoms with Gasteiger partial charge in [-0.15, -0.1) is 4.57 Å². The second-order valence-corrected chi connectivity index (χ2v) is 19.9. The van der Waals surface area contributed by atoms with Gasteiger partial charge in [-0.25, -0.2) is 0 Å². The largest absolute Gasteiger partial charge is 0.485 e. The van der Waals surface area contributed by atoms with Gasteiger partial charge in [-0.3, -0.25) is 0 Å². The van der Waals surface area contributed by atoms with Crippen molar-refractivity contribution >= 4 is 92.8 Å². The first-order valence-corrected chi connectivity index (χ1v) is 25.2. The van der Waals surface area contributed by atoms with Crippen LogP contribution in [0.3, 0.4) is 0 Å². The number of benzene rings is 11. The molecule has 12 aromatic carbocycles. The average Bonchev–Trinajstić information content (AvgIpc) is 3.47. The molecule has 2 bridgehead atoms. The van der Waals surface area contributed by atoms with E-state index in [1.807, 2.05) is 0 Å². The second kappa shape index (κ2) is 15.3. The van der Waals surface area contributed by atoms with Crippen LogP contribution in [-0.4, -0.2) is 0 Å². The van der Waals surface area contributed by atoms with E-state index >= 15 is 0 Å². The van der Waals surface area contributed by atoms with Gasteiger partial charge in [0.05, 0.1) is 10.8 Å². The molecule has 13 aromatic rings. The van der Waals surface area contributed by atoms with Crippen molar-refractivity contribution in [3.63, 3.8) is 0 Å². The first-order chi connectivity index (χ1) is 36.1. The summed E-state index contributed by atoms with van der Waals surface area (Å²) in [5, 5.41) is 17.0. The number of nitrogens with zero attached hydrogens (tertiary/aromatic N) is 1. The van der Waals surface area contributed by atoms with Crippen molar-refractivity contribution in [3.8, 4) is 33.9 Å². The van der Waals surface area contributed by atoms with Gasteiger partial charge in [0.1, 0.15) is 17.4 Å². The molecule has 16 rings (SSSR count). The molecule has 2 aliphatic heterocycles. The molecule has 0 saturated carbocycles. The summed E-state index contributed by atoms with van der Waals surface area (Å²) in [7, 11) is 0. The highest BCUT2D eigenvalue weighted by Gasteiger charge is 2.61. The Morgan fingerprint density at radius 3 is 1.74 bits per heavy atom. The molecule has 1 aromatic heterocycles. The fraction of sp³-hybridized carbons (Fsp3) is 0.0429. The summed E-state index contributed by atoms with van der Waals surface area (Å²) in [6.07, 6.45) is 5.51. The predicted molar refractivity (Wildman–Crippen MR) is 299 cm³/mol. The summed E-state index contributed by atoms with van der Waals surface area (Å²) >= 11 is 0. The second-order valence-electron chi connectivity index (χ2n) is 19.9. The van der Waals surface area contributed by atoms with Crippen molar-refractivity contribution in [3.05, 3.63) is 264 Å². The quantitative estimate of drug-likeness (QED) is 0.130. The zero-order valence-electron chi connectivity index (χ0n) is 39.6. The maximum absolute atomic E-state index is 8.16. The van der Waals surface area contributed by atoms with Gasteiger partial charge in [0, 0.05) is 33.5 Å². The zero-order chi connectivity index (χ0) is 47.8. The van der Waals surface area contributed by atoms with Crippen LogP contribution >= 0.6 is 0 Å². The van der Waals surface area contributed by atoms with Crippen LogP contribution in [0, 0.1) is 18.1 Å². The highest BCUT2D eigenvalue weighted by molar-refractivity contribution is 6.12. The van der Waals surface area contributed by atoms with E-state index in [4.69, 9.17) is 9.47 Å². The van der Waals surface area contributed by atoms with Crippen LogP contribution in [-0.2, 0) is 5.91 Å². The minimum absolute atomic E-state index is 0.424. The molecule has 2 atom stereocenters. The summed E-state index contributed by atoms with van der Waals surface area (Å²) in [4.78, 5) is 0. The van der Waals surface area contributed by atoms with Crippen LogP contribution in [0.2, 0.25) is 0 Å². The molecule has 1 spiro atoms. The van der Waals surface area contributed by atoms with Crippen molar-refractivity contribution in [2.75, 3.05) is 0 Å². The maximum Gasteiger partial charge on any atom is 0.485 e. The van der Waals surface area contributed by atoms with Gasteiger partial charge in [-0.2, -0.15) is 0 Å². The molecule has 338 valence electrons. The van der Waals surface area contributed by atoms with E-state index < -0.39 is 11.8 Å². The van der Waals surface area contributed by atoms with Crippen LogP contribution in [0.4, 0.5) is 0 Å². The van der Waals surface area contributed by atoms with Crippen molar-refractivity contribution in [1.29, 1.82) is 0 Å². The Bertz CT molecular complexity index is 4740. The van der Waals surface area contributed by atoms with Gasteiger partial charge in [0.2, 0.25) is 11.2 Å². The van der Waals surface area contributed by atoms with Crippen molar-refractivity contribution < 1.29 is 14.0 Å². The van der Waals surface area contributed by atoms with Crippen LogP contribution < -0.4 is 24.5 Å². The number of rotatable bonds is 4. The lowest BCUT2D eigenvalue weighted by molar-refractivity contribution is -0.819. The molecule has 2 unspecified atom stereocenters. The molecule has 0 N–H and O–H groups in total. The number of hydrogen-bond acceptors (Lipinski definition) is 2. The zero-order valence-corrected chi connectivity index (χ0v) is 39.6. The molecule has 3 heteroatoms. The minimum atomic E-state index is -1.50. The highest BCUT2D eigenvalue weighted by Crippen LogP contribution is 2.51. The molecule has 0 saturated heterocycles. The summed E-state index contributed by atoms with van der Waals surface area (Å²) in [5.41, 5.74) is 9.66. The number of hydrogen-bond donors (Lipinski definition) is 0. The summed E-state index contributed by atoms with van der Waals surface area (Å²) in [6, 6.07) is 89.0. The number of pyridine rings is 1. The van der Waals surface area contributed by atoms with E-state index in [1.54, 1.807) is 0 Å². The number of fused-ring (bicyclic) bond motifs is 8. The number of ether oxygens (including phenoxy) is 2. The molecule has 73 heavy (non-hydrogen) atoms. The van der Waals surface area contributed by atoms with Gasteiger partial charge in [-0.1, -0.05) is 182 Å². The molecule has 3 nitrogen and oxygen atoms in total. The van der Waals surface area contributed by atoms with E-state index in [1.165, 1.54) is 26.9 Å². The fourth-order valence-corrected chi connectivity index (χ4v) is 12.5. The number of aromatic nitrogens is 1. The molecule has 0 fully saturated rings. The monoisotopic (exact) mass is 928 g/mol. The van der Waals surface area contributed by atoms with Crippen molar-refractivity contribution in [1.82, 2.24) is 0 Å². The lowest BCUT2D eigenvalue weighted by Crippen LogP contribution is -2.70. The first-order valence-electron chi connectivity index (χ1n) is 25.2. The molecular formula is C70H42NO2+. The highest BCUT2D eigenvalue weighted by atomic mass is 16.7. The summed E-state index contributed by atoms with van der Waals surface area (Å²) < 4.78 is 18.7. The Morgan fingerprint density at radius 2 is 1.01 bits per heavy atom. The van der Waals surface area contributed by atoms with E-state index in [0.717, 1.165) is 115 Å². The lowest BCUT2D eigenvalue weighted by Gasteiger charge is -2.40. The minimum Gasteiger partial charge on any atom is -0.398 e. The van der Waals surface area contributed by atoms with Crippen LogP contribution in [0.1, 0.15) is 17.5 Å². The normalized spacial score (nSPS) is 16.6. The van der Waals surface area contributed by atoms with E-state index in [2.05, 4.69) is 253 Å². The predicted octanol–water partition coefficient (Wildman–Crippen LogP) is 15.2. The molecule has 3 heterocycles. The van der Waals surface area contributed by atoms with Crippen molar-refractivity contribution in [2.45, 2.75) is 12.3 Å². The lowest BCUT2D eigenvalue weighted by atomic mass is 9.80. The van der Waals surface area contributed by atoms with Gasteiger partial charge < -0.3 is 9.47 Å². The van der Waals surface area contributed by atoms with E-state index in [-0.39, 0.29) is 0 Å². The smallest absolute Gasteiger partial charge is 0.398 e. The third-order valence-electron chi connectivity index (χ3n) is 15.9. The Morgan fingerprint density at radius 1 is 0.452 bits per heavy atom. The Labute approximate surface area is 421 Å². The molecule has 3 aliphatic rings. The van der Waals surface area contributed by atoms with Gasteiger partial charge in [0.15, 0.2) is 0 Å². The molecule has 0 amide bonds. The topological polar surface area (TPSA) is 22.3 Å². The molecule has 0 radical (unpaired) electrons. The maximum atomic E-state index is 8.16. The third-order valence-corrected chi connectivity index (χ3v) is 15.9. The SMILES string of the molecule is c1c(C2=c3ccc4cccc5c4c3=CCC(C(c3ccc4ccccc4c3)=C2)C2(O5)Oc3cccc4ccc5c(-c6ccc7ccccc7c6)cc(-c6ccc7ccccc7c6)[n+]2c5c34)cc2ccccc2c#1. The molecule has 1 aliphatic carbocycles. The first kappa shape index (κ1) is 40.3. The Balaban J connectivity index is 1.09. The van der Waals surface area contributed by atoms with Gasteiger partial charge in [-0.05, 0) is 148 Å². The van der Waals surface area contributed by atoms with Gasteiger partial charge in [0.25, 0.3) is 0 Å². The fourth-order valence-electron chi connectivity index (χ4n) is 12.5. The average molecular weight is 929 g/mol. The Hall–Kier alpha value is -9.49. The standard InChI is InChI=1S/C70H42NO2/c1-5-15-49-37-53(27-23-43(49)11-1)60-41-62(55-29-25-45-13-3-7-17-51(45)39-55)63-36-35-58-57(60)33-31-47-19-9-21-65(67(47)58)72-70(63)71-64(56-30-26-46-14-4-8-18-52(46)40-56)42-61(54-28-24-44-12-2-6-16-50(44)38-54)59-34-32-48-20-10-22-66(73-70)68(48)69(59)71/h1-22,24-26,28-35,37-42,63H,36H2/q+1. The van der Waals surface area contributed by atoms with E-state index in [9.17, 15) is 0 Å². The third kappa shape index (κ3) is 5.99. The van der Waals surface area contributed by atoms with Crippen LogP contribution in [0.25, 0.3) is 115 Å². The Kier molecular flexibility index (Phi) is 8.41. The summed E-state index contributed by atoms with van der Waals surface area (Å²) in [5.74, 6) is -0.376. The van der Waals surface area contributed by atoms with Crippen molar-refractivity contribution in [2.24, 2.45) is 5.92 Å². The summed E-state index contributed by atoms with van der Waals surface area (Å²) in [6.45, 7) is 0. The van der Waals surface area contributed by atoms with Crippen LogP contribution in [0.15, 0.2) is 231 Å². The van der Waals surface area contributed by atoms with Crippen LogP contribution in [0.5, 0.6) is 11.5 Å². The van der Waals surface area contributed by atoms with Gasteiger partial charge >= 0.3 is 5.91 Å². The molecular weight excluding hydrogens is 887 g/mol. The van der Waals surface area contributed by atoms with E-state index in [0.29, 0.717) is 6.42 Å². The number of allylic oxidation sites excluding steroid dienone is 1.